The van der Waals surface area contributed by atoms with Crippen LogP contribution in [0.1, 0.15) is 58.8 Å². The molecule has 6 heteroatoms. The fourth-order valence-corrected chi connectivity index (χ4v) is 1.70. The Balaban J connectivity index is 3.46. The first-order chi connectivity index (χ1) is 9.91. The highest BCUT2D eigenvalue weighted by Crippen LogP contribution is 2.05. The van der Waals surface area contributed by atoms with E-state index in [1.165, 1.54) is 13.8 Å². The summed E-state index contributed by atoms with van der Waals surface area (Å²) in [6.45, 7) is 3.18. The Hall–Kier alpha value is -1.72. The standard InChI is InChI=1S/C15H24O6/c1-12(16)20-10-4-8-14(18)6-3-7-15(19)9-5-11-21-13(2)17/h3-11H2,1-2H3. The number of esters is 2. The molecule has 0 heterocycles. The largest absolute Gasteiger partial charge is 0.466 e. The Morgan fingerprint density at radius 2 is 0.952 bits per heavy atom. The van der Waals surface area contributed by atoms with E-state index in [-0.39, 0.29) is 36.7 Å². The Morgan fingerprint density at radius 3 is 1.29 bits per heavy atom. The first kappa shape index (κ1) is 19.3. The highest BCUT2D eigenvalue weighted by molar-refractivity contribution is 5.81. The molecule has 120 valence electrons. The fourth-order valence-electron chi connectivity index (χ4n) is 1.70. The zero-order valence-electron chi connectivity index (χ0n) is 12.8. The lowest BCUT2D eigenvalue weighted by atomic mass is 10.1. The Labute approximate surface area is 125 Å². The van der Waals surface area contributed by atoms with E-state index in [0.717, 1.165) is 0 Å². The van der Waals surface area contributed by atoms with Crippen molar-refractivity contribution in [1.82, 2.24) is 0 Å². The number of carbonyl (C=O) groups is 4. The van der Waals surface area contributed by atoms with Crippen molar-refractivity contribution in [3.8, 4) is 0 Å². The minimum absolute atomic E-state index is 0.0786. The second-order valence-electron chi connectivity index (χ2n) is 4.82. The Kier molecular flexibility index (Phi) is 11.1. The van der Waals surface area contributed by atoms with E-state index in [9.17, 15) is 19.2 Å². The zero-order valence-corrected chi connectivity index (χ0v) is 12.8. The van der Waals surface area contributed by atoms with Gasteiger partial charge in [0.1, 0.15) is 11.6 Å². The van der Waals surface area contributed by atoms with E-state index >= 15 is 0 Å². The average Bonchev–Trinajstić information content (AvgIpc) is 2.39. The van der Waals surface area contributed by atoms with Gasteiger partial charge in [0.15, 0.2) is 0 Å². The van der Waals surface area contributed by atoms with Crippen LogP contribution in [0, 0.1) is 0 Å². The molecule has 0 aromatic heterocycles. The SMILES string of the molecule is CC(=O)OCCCC(=O)CCCC(=O)CCCOC(C)=O. The third-order valence-corrected chi connectivity index (χ3v) is 2.72. The van der Waals surface area contributed by atoms with E-state index in [4.69, 9.17) is 9.47 Å². The van der Waals surface area contributed by atoms with Gasteiger partial charge in [-0.05, 0) is 19.3 Å². The molecule has 6 nitrogen and oxygen atoms in total. The summed E-state index contributed by atoms with van der Waals surface area (Å²) in [5, 5.41) is 0. The van der Waals surface area contributed by atoms with E-state index in [1.54, 1.807) is 0 Å². The lowest BCUT2D eigenvalue weighted by molar-refractivity contribution is -0.142. The maximum Gasteiger partial charge on any atom is 0.302 e. The molecular weight excluding hydrogens is 276 g/mol. The van der Waals surface area contributed by atoms with Crippen LogP contribution in [0.4, 0.5) is 0 Å². The van der Waals surface area contributed by atoms with Crippen LogP contribution < -0.4 is 0 Å². The molecule has 0 amide bonds. The highest BCUT2D eigenvalue weighted by Gasteiger charge is 2.06. The molecular formula is C15H24O6. The molecule has 0 spiro atoms. The van der Waals surface area contributed by atoms with Gasteiger partial charge in [-0.2, -0.15) is 0 Å². The fraction of sp³-hybridized carbons (Fsp3) is 0.733. The number of hydrogen-bond acceptors (Lipinski definition) is 6. The maximum atomic E-state index is 11.5. The van der Waals surface area contributed by atoms with Gasteiger partial charge in [-0.25, -0.2) is 0 Å². The van der Waals surface area contributed by atoms with Crippen molar-refractivity contribution in [2.45, 2.75) is 58.8 Å². The van der Waals surface area contributed by atoms with E-state index < -0.39 is 0 Å². The van der Waals surface area contributed by atoms with Gasteiger partial charge < -0.3 is 9.47 Å². The van der Waals surface area contributed by atoms with Crippen LogP contribution in [0.3, 0.4) is 0 Å². The quantitative estimate of drug-likeness (QED) is 0.404. The van der Waals surface area contributed by atoms with Crippen molar-refractivity contribution in [2.24, 2.45) is 0 Å². The van der Waals surface area contributed by atoms with Crippen molar-refractivity contribution in [1.29, 1.82) is 0 Å². The summed E-state index contributed by atoms with van der Waals surface area (Å²) in [4.78, 5) is 44.0. The van der Waals surface area contributed by atoms with Crippen molar-refractivity contribution in [3.63, 3.8) is 0 Å². The molecule has 0 unspecified atom stereocenters. The lowest BCUT2D eigenvalue weighted by Crippen LogP contribution is -2.06. The molecule has 21 heavy (non-hydrogen) atoms. The van der Waals surface area contributed by atoms with Crippen molar-refractivity contribution in [2.75, 3.05) is 13.2 Å². The van der Waals surface area contributed by atoms with E-state index in [1.807, 2.05) is 0 Å². The number of hydrogen-bond donors (Lipinski definition) is 0. The Morgan fingerprint density at radius 1 is 0.619 bits per heavy atom. The van der Waals surface area contributed by atoms with Crippen LogP contribution in [0.15, 0.2) is 0 Å². The third-order valence-electron chi connectivity index (χ3n) is 2.72. The molecule has 0 atom stereocenters. The average molecular weight is 300 g/mol. The maximum absolute atomic E-state index is 11.5. The summed E-state index contributed by atoms with van der Waals surface area (Å²) in [6.07, 6.45) is 3.07. The summed E-state index contributed by atoms with van der Waals surface area (Å²) in [7, 11) is 0. The molecule has 0 saturated heterocycles. The minimum Gasteiger partial charge on any atom is -0.466 e. The third kappa shape index (κ3) is 14.5. The predicted molar refractivity (Wildman–Crippen MR) is 75.6 cm³/mol. The molecule has 0 aromatic rings. The smallest absolute Gasteiger partial charge is 0.302 e. The van der Waals surface area contributed by atoms with Gasteiger partial charge in [0.2, 0.25) is 0 Å². The minimum atomic E-state index is -0.346. The van der Waals surface area contributed by atoms with Gasteiger partial charge >= 0.3 is 11.9 Å². The van der Waals surface area contributed by atoms with Gasteiger partial charge in [-0.1, -0.05) is 0 Å². The van der Waals surface area contributed by atoms with E-state index in [2.05, 4.69) is 0 Å². The second-order valence-corrected chi connectivity index (χ2v) is 4.82. The monoisotopic (exact) mass is 300 g/mol. The summed E-state index contributed by atoms with van der Waals surface area (Å²) in [5.41, 5.74) is 0. The molecule has 0 bridgehead atoms. The second kappa shape index (κ2) is 12.1. The molecule has 0 radical (unpaired) electrons. The lowest BCUT2D eigenvalue weighted by Gasteiger charge is -2.03. The number of ketones is 2. The highest BCUT2D eigenvalue weighted by atomic mass is 16.5. The normalized spacial score (nSPS) is 10.0. The molecule has 0 aliphatic rings. The van der Waals surface area contributed by atoms with Gasteiger partial charge in [-0.15, -0.1) is 0 Å². The van der Waals surface area contributed by atoms with Gasteiger partial charge in [0.05, 0.1) is 13.2 Å². The van der Waals surface area contributed by atoms with E-state index in [0.29, 0.717) is 44.9 Å². The molecule has 0 N–H and O–H groups in total. The molecule has 0 rings (SSSR count). The van der Waals surface area contributed by atoms with Crippen molar-refractivity contribution < 1.29 is 28.7 Å². The first-order valence-corrected chi connectivity index (χ1v) is 7.22. The van der Waals surface area contributed by atoms with Crippen LogP contribution in [0.5, 0.6) is 0 Å². The molecule has 0 aliphatic heterocycles. The zero-order chi connectivity index (χ0) is 16.1. The topological polar surface area (TPSA) is 86.7 Å². The van der Waals surface area contributed by atoms with Crippen molar-refractivity contribution >= 4 is 23.5 Å². The summed E-state index contributed by atoms with van der Waals surface area (Å²) >= 11 is 0. The summed E-state index contributed by atoms with van der Waals surface area (Å²) < 4.78 is 9.45. The van der Waals surface area contributed by atoms with Gasteiger partial charge in [-0.3, -0.25) is 19.2 Å². The summed E-state index contributed by atoms with van der Waals surface area (Å²) in [6, 6.07) is 0. The number of Topliss-reactive ketones (excluding diaryl/α,β-unsaturated/α-hetero) is 2. The van der Waals surface area contributed by atoms with Crippen LogP contribution in [0.25, 0.3) is 0 Å². The van der Waals surface area contributed by atoms with Crippen molar-refractivity contribution in [3.05, 3.63) is 0 Å². The molecule has 0 saturated carbocycles. The first-order valence-electron chi connectivity index (χ1n) is 7.22. The molecule has 0 fully saturated rings. The van der Waals surface area contributed by atoms with Gasteiger partial charge in [0, 0.05) is 39.5 Å². The number of carbonyl (C=O) groups excluding carboxylic acids is 4. The Bertz CT molecular complexity index is 327. The predicted octanol–water partition coefficient (Wildman–Crippen LogP) is 1.98. The number of rotatable bonds is 12. The molecule has 0 aromatic carbocycles. The molecule has 0 aliphatic carbocycles. The van der Waals surface area contributed by atoms with Crippen LogP contribution in [-0.2, 0) is 28.7 Å². The number of ether oxygens (including phenoxy) is 2. The van der Waals surface area contributed by atoms with Gasteiger partial charge in [0.25, 0.3) is 0 Å². The summed E-state index contributed by atoms with van der Waals surface area (Å²) in [5.74, 6) is -0.534. The van der Waals surface area contributed by atoms with Crippen LogP contribution in [-0.4, -0.2) is 36.7 Å². The van der Waals surface area contributed by atoms with Crippen LogP contribution in [0.2, 0.25) is 0 Å². The van der Waals surface area contributed by atoms with Crippen LogP contribution >= 0.6 is 0 Å².